The Bertz CT molecular complexity index is 1380. The van der Waals surface area contributed by atoms with Gasteiger partial charge in [-0.05, 0) is 74.8 Å². The van der Waals surface area contributed by atoms with Crippen molar-refractivity contribution in [1.82, 2.24) is 19.9 Å². The summed E-state index contributed by atoms with van der Waals surface area (Å²) in [5, 5.41) is 11.4. The van der Waals surface area contributed by atoms with Crippen molar-refractivity contribution in [1.29, 1.82) is 0 Å². The van der Waals surface area contributed by atoms with E-state index in [1.807, 2.05) is 24.7 Å². The van der Waals surface area contributed by atoms with Gasteiger partial charge < -0.3 is 28.6 Å². The third-order valence-electron chi connectivity index (χ3n) is 9.55. The van der Waals surface area contributed by atoms with E-state index >= 15 is 0 Å². The van der Waals surface area contributed by atoms with Gasteiger partial charge >= 0.3 is 0 Å². The van der Waals surface area contributed by atoms with Gasteiger partial charge in [0, 0.05) is 26.3 Å². The maximum Gasteiger partial charge on any atom is 0.164 e. The zero-order valence-electron chi connectivity index (χ0n) is 28.3. The second-order valence-electron chi connectivity index (χ2n) is 14.3. The van der Waals surface area contributed by atoms with Crippen LogP contribution in [0.2, 0.25) is 0 Å². The van der Waals surface area contributed by atoms with Crippen LogP contribution in [-0.4, -0.2) is 89.0 Å². The van der Waals surface area contributed by atoms with E-state index in [1.54, 1.807) is 0 Å². The van der Waals surface area contributed by atoms with Crippen LogP contribution in [0.5, 0.6) is 0 Å². The molecule has 3 aromatic rings. The molecule has 0 amide bonds. The Hall–Kier alpha value is -2.40. The smallest absolute Gasteiger partial charge is 0.164 e. The largest absolute Gasteiger partial charge is 0.375 e. The molecule has 3 aliphatic heterocycles. The van der Waals surface area contributed by atoms with Crippen molar-refractivity contribution < 1.29 is 23.7 Å². The Balaban J connectivity index is 1.21. The number of rotatable bonds is 7. The van der Waals surface area contributed by atoms with Crippen LogP contribution in [0.15, 0.2) is 48.7 Å². The zero-order valence-corrected chi connectivity index (χ0v) is 28.3. The van der Waals surface area contributed by atoms with Crippen LogP contribution in [0.4, 0.5) is 0 Å². The summed E-state index contributed by atoms with van der Waals surface area (Å²) in [5.41, 5.74) is 2.22. The minimum absolute atomic E-state index is 0.121. The first-order chi connectivity index (χ1) is 22.3. The molecule has 0 radical (unpaired) electrons. The minimum Gasteiger partial charge on any atom is -0.375 e. The number of hydrogen-bond acceptors (Lipinski definition) is 8. The molecule has 252 valence electrons. The number of benzene rings is 2. The third-order valence-corrected chi connectivity index (χ3v) is 9.55. The Morgan fingerprint density at radius 2 is 1.78 bits per heavy atom. The van der Waals surface area contributed by atoms with Crippen molar-refractivity contribution in [2.45, 2.75) is 122 Å². The van der Waals surface area contributed by atoms with Crippen LogP contribution < -0.4 is 0 Å². The number of ether oxygens (including phenoxy) is 5. The van der Waals surface area contributed by atoms with Crippen LogP contribution >= 0.6 is 0 Å². The van der Waals surface area contributed by atoms with Gasteiger partial charge in [-0.25, -0.2) is 4.68 Å². The summed E-state index contributed by atoms with van der Waals surface area (Å²) in [6, 6.07) is 15.5. The molecule has 1 aromatic heterocycles. The van der Waals surface area contributed by atoms with Gasteiger partial charge in [-0.1, -0.05) is 74.4 Å². The summed E-state index contributed by atoms with van der Waals surface area (Å²) in [7, 11) is 0. The molecule has 2 saturated heterocycles. The quantitative estimate of drug-likeness (QED) is 0.305. The van der Waals surface area contributed by atoms with E-state index in [9.17, 15) is 0 Å². The summed E-state index contributed by atoms with van der Waals surface area (Å²) in [6.45, 7) is 13.9. The van der Waals surface area contributed by atoms with Crippen LogP contribution in [0.1, 0.15) is 77.5 Å². The molecule has 4 bridgehead atoms. The second-order valence-corrected chi connectivity index (χ2v) is 14.3. The lowest BCUT2D eigenvalue weighted by atomic mass is 9.92. The van der Waals surface area contributed by atoms with E-state index in [-0.39, 0.29) is 30.5 Å². The van der Waals surface area contributed by atoms with E-state index in [0.717, 1.165) is 57.6 Å². The molecule has 4 heterocycles. The second kappa shape index (κ2) is 15.7. The van der Waals surface area contributed by atoms with Gasteiger partial charge in [0.05, 0.1) is 25.5 Å². The molecule has 0 spiro atoms. The highest BCUT2D eigenvalue weighted by atomic mass is 16.8. The molecule has 5 atom stereocenters. The average molecular weight is 635 g/mol. The number of fused-ring (bicyclic) bond motifs is 7. The molecule has 9 nitrogen and oxygen atoms in total. The van der Waals surface area contributed by atoms with Crippen LogP contribution in [0.25, 0.3) is 10.8 Å². The van der Waals surface area contributed by atoms with Gasteiger partial charge in [0.25, 0.3) is 0 Å². The summed E-state index contributed by atoms with van der Waals surface area (Å²) >= 11 is 0. The predicted octanol–water partition coefficient (Wildman–Crippen LogP) is 6.18. The molecule has 6 rings (SSSR count). The highest BCUT2D eigenvalue weighted by Crippen LogP contribution is 2.40. The lowest BCUT2D eigenvalue weighted by molar-refractivity contribution is -0.209. The highest BCUT2D eigenvalue weighted by molar-refractivity contribution is 5.82. The van der Waals surface area contributed by atoms with Gasteiger partial charge in [0.15, 0.2) is 5.79 Å². The van der Waals surface area contributed by atoms with E-state index in [4.69, 9.17) is 23.7 Å². The van der Waals surface area contributed by atoms with Crippen molar-refractivity contribution >= 4 is 10.8 Å². The first kappa shape index (κ1) is 33.5. The Labute approximate surface area is 274 Å². The number of nitrogens with zero attached hydrogens (tertiary/aromatic N) is 4. The fourth-order valence-electron chi connectivity index (χ4n) is 7.05. The van der Waals surface area contributed by atoms with E-state index in [2.05, 4.69) is 71.5 Å². The van der Waals surface area contributed by atoms with Crippen molar-refractivity contribution in [3.8, 4) is 0 Å². The molecule has 46 heavy (non-hydrogen) atoms. The SMILES string of the molecule is CC(C)CCO[C@@H]1[C@H]2OC(C)(C)O[C@H]2[C@H]2Cn3cc(nn3)COCCCCCCN(CCc3ccc4ccccc4c3)CC[C@H]1O2. The summed E-state index contributed by atoms with van der Waals surface area (Å²) in [6.07, 6.45) is 8.42. The fourth-order valence-corrected chi connectivity index (χ4v) is 7.05. The molecule has 0 N–H and O–H groups in total. The maximum atomic E-state index is 6.96. The van der Waals surface area contributed by atoms with Gasteiger partial charge in [-0.2, -0.15) is 0 Å². The Morgan fingerprint density at radius 3 is 2.65 bits per heavy atom. The van der Waals surface area contributed by atoms with Gasteiger partial charge in [-0.15, -0.1) is 5.10 Å². The Kier molecular flexibility index (Phi) is 11.4. The molecule has 0 aliphatic carbocycles. The lowest BCUT2D eigenvalue weighted by Gasteiger charge is -2.43. The first-order valence-electron chi connectivity index (χ1n) is 17.6. The van der Waals surface area contributed by atoms with Crippen LogP contribution in [0, 0.1) is 5.92 Å². The average Bonchev–Trinajstić information content (AvgIpc) is 3.62. The third kappa shape index (κ3) is 8.94. The van der Waals surface area contributed by atoms with Crippen LogP contribution in [0.3, 0.4) is 0 Å². The zero-order chi connectivity index (χ0) is 31.9. The van der Waals surface area contributed by atoms with E-state index < -0.39 is 5.79 Å². The molecule has 0 saturated carbocycles. The topological polar surface area (TPSA) is 80.1 Å². The molecule has 2 aromatic carbocycles. The van der Waals surface area contributed by atoms with E-state index in [1.165, 1.54) is 35.6 Å². The predicted molar refractivity (Wildman–Crippen MR) is 179 cm³/mol. The van der Waals surface area contributed by atoms with E-state index in [0.29, 0.717) is 25.7 Å². The van der Waals surface area contributed by atoms with Gasteiger partial charge in [0.1, 0.15) is 30.1 Å². The summed E-state index contributed by atoms with van der Waals surface area (Å²) in [4.78, 5) is 2.63. The summed E-state index contributed by atoms with van der Waals surface area (Å²) < 4.78 is 34.5. The maximum absolute atomic E-state index is 6.96. The van der Waals surface area contributed by atoms with Gasteiger partial charge in [-0.3, -0.25) is 0 Å². The number of aromatic nitrogens is 3. The minimum atomic E-state index is -0.714. The molecular formula is C37H54N4O5. The van der Waals surface area contributed by atoms with Gasteiger partial charge in [0.2, 0.25) is 0 Å². The van der Waals surface area contributed by atoms with Crippen molar-refractivity contribution in [2.24, 2.45) is 5.92 Å². The van der Waals surface area contributed by atoms with Crippen molar-refractivity contribution in [3.63, 3.8) is 0 Å². The normalized spacial score (nSPS) is 28.2. The molecular weight excluding hydrogens is 580 g/mol. The highest BCUT2D eigenvalue weighted by Gasteiger charge is 2.55. The molecule has 3 aliphatic rings. The Morgan fingerprint density at radius 1 is 0.957 bits per heavy atom. The van der Waals surface area contributed by atoms with Crippen LogP contribution in [-0.2, 0) is 43.3 Å². The van der Waals surface area contributed by atoms with Crippen molar-refractivity contribution in [3.05, 3.63) is 59.9 Å². The summed E-state index contributed by atoms with van der Waals surface area (Å²) in [5.74, 6) is -0.153. The number of hydrogen-bond donors (Lipinski definition) is 0. The standard InChI is InChI=1S/C37H54N4O5/c1-27(2)17-22-43-34-32-16-20-40(19-15-28-13-14-29-11-7-8-12-30(29)23-28)18-9-5-6-10-21-42-26-31-24-41(39-38-31)25-33(44-32)35-36(34)46-37(3,4)45-35/h7-8,11-14,23-24,27,32-36H,5-6,9-10,15-22,25-26H2,1-4H3/t32-,33-,34+,35+,36-/m1/s1. The lowest BCUT2D eigenvalue weighted by Crippen LogP contribution is -2.58. The fraction of sp³-hybridized carbons (Fsp3) is 0.676. The first-order valence-corrected chi connectivity index (χ1v) is 17.6. The van der Waals surface area contributed by atoms with Crippen molar-refractivity contribution in [2.75, 3.05) is 32.8 Å². The monoisotopic (exact) mass is 634 g/mol. The molecule has 9 heteroatoms. The molecule has 2 fully saturated rings. The molecule has 0 unspecified atom stereocenters.